The van der Waals surface area contributed by atoms with Gasteiger partial charge in [-0.05, 0) is 74.5 Å². The lowest BCUT2D eigenvalue weighted by Crippen LogP contribution is -2.66. The Balaban J connectivity index is 1.63. The molecule has 0 bridgehead atoms. The molecule has 4 saturated carbocycles. The molecule has 0 aromatic heterocycles. The number of Topliss-reactive ketones (excluding diaryl/α,β-unsaturated/α-hetero) is 1. The van der Waals surface area contributed by atoms with Gasteiger partial charge in [0.15, 0.2) is 6.61 Å². The van der Waals surface area contributed by atoms with Gasteiger partial charge >= 0.3 is 5.97 Å². The van der Waals surface area contributed by atoms with E-state index in [1.807, 2.05) is 6.92 Å². The molecule has 170 valence electrons. The zero-order valence-electron chi connectivity index (χ0n) is 18.1. The van der Waals surface area contributed by atoms with Gasteiger partial charge in [0.05, 0.1) is 16.4 Å². The molecular formula is C23H34Cl2O5. The van der Waals surface area contributed by atoms with Crippen molar-refractivity contribution >= 4 is 35.0 Å². The van der Waals surface area contributed by atoms with E-state index in [1.165, 1.54) is 6.92 Å². The first-order chi connectivity index (χ1) is 13.9. The maximum Gasteiger partial charge on any atom is 0.303 e. The zero-order chi connectivity index (χ0) is 22.1. The van der Waals surface area contributed by atoms with Gasteiger partial charge in [-0.1, -0.05) is 13.8 Å². The summed E-state index contributed by atoms with van der Waals surface area (Å²) in [5.74, 6) is -0.0827. The molecule has 4 aliphatic carbocycles. The van der Waals surface area contributed by atoms with E-state index in [2.05, 4.69) is 6.92 Å². The second-order valence-corrected chi connectivity index (χ2v) is 12.0. The fraction of sp³-hybridized carbons (Fsp3) is 0.913. The van der Waals surface area contributed by atoms with Gasteiger partial charge in [-0.15, -0.1) is 23.2 Å². The molecule has 0 aliphatic heterocycles. The number of halogens is 2. The van der Waals surface area contributed by atoms with Crippen LogP contribution in [0.25, 0.3) is 0 Å². The van der Waals surface area contributed by atoms with Gasteiger partial charge in [0.1, 0.15) is 5.60 Å². The maximum absolute atomic E-state index is 12.9. The number of hydrogen-bond acceptors (Lipinski definition) is 5. The van der Waals surface area contributed by atoms with Crippen molar-refractivity contribution in [2.45, 2.75) is 94.1 Å². The highest BCUT2D eigenvalue weighted by atomic mass is 35.5. The van der Waals surface area contributed by atoms with Crippen molar-refractivity contribution in [1.29, 1.82) is 0 Å². The Kier molecular flexibility index (Phi) is 5.57. The molecule has 30 heavy (non-hydrogen) atoms. The molecule has 0 amide bonds. The summed E-state index contributed by atoms with van der Waals surface area (Å²) in [6, 6.07) is 0. The number of hydrogen-bond donors (Lipinski definition) is 2. The van der Waals surface area contributed by atoms with Gasteiger partial charge in [0, 0.05) is 12.3 Å². The van der Waals surface area contributed by atoms with Crippen LogP contribution in [0.15, 0.2) is 0 Å². The standard InChI is InChI=1S/C23H34Cl2O5/c1-13(26)30-12-19(28)23(29)9-6-17-15-10-18(24)22(25)11-14(27)4-7-20(22,2)16(15)5-8-21(17,23)3/h14-18,27,29H,4-12H2,1-3H3. The summed E-state index contributed by atoms with van der Waals surface area (Å²) in [4.78, 5) is 23.5. The van der Waals surface area contributed by atoms with Gasteiger partial charge in [-0.3, -0.25) is 9.59 Å². The number of ketones is 1. The Labute approximate surface area is 188 Å². The number of carbonyl (C=O) groups excluding carboxylic acids is 2. The van der Waals surface area contributed by atoms with Crippen LogP contribution in [0.2, 0.25) is 0 Å². The molecule has 4 aliphatic rings. The number of esters is 1. The van der Waals surface area contributed by atoms with E-state index in [0.717, 1.165) is 38.5 Å². The molecular weight excluding hydrogens is 427 g/mol. The van der Waals surface area contributed by atoms with E-state index >= 15 is 0 Å². The quantitative estimate of drug-likeness (QED) is 0.493. The number of aliphatic hydroxyl groups excluding tert-OH is 1. The summed E-state index contributed by atoms with van der Waals surface area (Å²) >= 11 is 14.1. The monoisotopic (exact) mass is 460 g/mol. The van der Waals surface area contributed by atoms with Crippen molar-refractivity contribution in [1.82, 2.24) is 0 Å². The SMILES string of the molecule is CC(=O)OCC(=O)C1(O)CCC2C3CC(Cl)C4(Cl)CC(O)CCC4(C)C3CCC21C. The lowest BCUT2D eigenvalue weighted by molar-refractivity contribution is -0.174. The number of rotatable bonds is 3. The molecule has 0 aromatic carbocycles. The van der Waals surface area contributed by atoms with Crippen LogP contribution < -0.4 is 0 Å². The van der Waals surface area contributed by atoms with E-state index < -0.39 is 33.7 Å². The lowest BCUT2D eigenvalue weighted by Gasteiger charge is -2.65. The number of carbonyl (C=O) groups is 2. The summed E-state index contributed by atoms with van der Waals surface area (Å²) in [6.45, 7) is 5.17. The molecule has 7 heteroatoms. The molecule has 0 spiro atoms. The summed E-state index contributed by atoms with van der Waals surface area (Å²) in [5.41, 5.74) is -2.20. The van der Waals surface area contributed by atoms with Gasteiger partial charge < -0.3 is 14.9 Å². The van der Waals surface area contributed by atoms with Crippen molar-refractivity contribution in [2.24, 2.45) is 28.6 Å². The Morgan fingerprint density at radius 1 is 1.07 bits per heavy atom. The largest absolute Gasteiger partial charge is 0.458 e. The Hall–Kier alpha value is -0.360. The summed E-state index contributed by atoms with van der Waals surface area (Å²) in [6.07, 6.45) is 5.22. The van der Waals surface area contributed by atoms with Crippen molar-refractivity contribution in [2.75, 3.05) is 6.61 Å². The van der Waals surface area contributed by atoms with Crippen LogP contribution >= 0.6 is 23.2 Å². The van der Waals surface area contributed by atoms with Crippen LogP contribution in [-0.4, -0.2) is 50.5 Å². The van der Waals surface area contributed by atoms with Gasteiger partial charge in [0.25, 0.3) is 0 Å². The number of fused-ring (bicyclic) bond motifs is 5. The van der Waals surface area contributed by atoms with Crippen molar-refractivity contribution in [3.8, 4) is 0 Å². The van der Waals surface area contributed by atoms with Crippen molar-refractivity contribution in [3.63, 3.8) is 0 Å². The Bertz CT molecular complexity index is 745. The Morgan fingerprint density at radius 3 is 2.33 bits per heavy atom. The number of ether oxygens (including phenoxy) is 1. The third-order valence-corrected chi connectivity index (χ3v) is 11.2. The molecule has 5 nitrogen and oxygen atoms in total. The van der Waals surface area contributed by atoms with E-state index in [-0.39, 0.29) is 29.2 Å². The highest BCUT2D eigenvalue weighted by Gasteiger charge is 2.70. The third-order valence-electron chi connectivity index (χ3n) is 9.73. The maximum atomic E-state index is 12.9. The summed E-state index contributed by atoms with van der Waals surface area (Å²) in [7, 11) is 0. The van der Waals surface area contributed by atoms with E-state index in [9.17, 15) is 19.8 Å². The van der Waals surface area contributed by atoms with E-state index in [1.54, 1.807) is 0 Å². The molecule has 4 rings (SSSR count). The molecule has 9 unspecified atom stereocenters. The summed E-state index contributed by atoms with van der Waals surface area (Å²) in [5, 5.41) is 21.6. The van der Waals surface area contributed by atoms with Crippen LogP contribution in [0.4, 0.5) is 0 Å². The van der Waals surface area contributed by atoms with Crippen molar-refractivity contribution < 1.29 is 24.5 Å². The first-order valence-electron chi connectivity index (χ1n) is 11.3. The first kappa shape index (κ1) is 22.8. The fourth-order valence-electron chi connectivity index (χ4n) is 7.93. The molecule has 9 atom stereocenters. The number of alkyl halides is 2. The Morgan fingerprint density at radius 2 is 1.67 bits per heavy atom. The zero-order valence-corrected chi connectivity index (χ0v) is 19.6. The minimum Gasteiger partial charge on any atom is -0.458 e. The minimum absolute atomic E-state index is 0.174. The molecule has 0 aromatic rings. The topological polar surface area (TPSA) is 83.8 Å². The van der Waals surface area contributed by atoms with Crippen LogP contribution in [-0.2, 0) is 14.3 Å². The highest BCUT2D eigenvalue weighted by Crippen LogP contribution is 2.71. The molecule has 0 saturated heterocycles. The van der Waals surface area contributed by atoms with Crippen LogP contribution in [0.5, 0.6) is 0 Å². The third kappa shape index (κ3) is 2.94. The van der Waals surface area contributed by atoms with Crippen molar-refractivity contribution in [3.05, 3.63) is 0 Å². The van der Waals surface area contributed by atoms with E-state index in [0.29, 0.717) is 18.8 Å². The first-order valence-corrected chi connectivity index (χ1v) is 12.1. The molecule has 4 fully saturated rings. The fourth-order valence-corrected chi connectivity index (χ4v) is 8.97. The molecule has 0 radical (unpaired) electrons. The number of aliphatic hydroxyl groups is 2. The van der Waals surface area contributed by atoms with Crippen LogP contribution in [0.1, 0.15) is 72.1 Å². The average Bonchev–Trinajstić information content (AvgIpc) is 2.95. The normalized spacial score (nSPS) is 52.7. The predicted molar refractivity (Wildman–Crippen MR) is 114 cm³/mol. The van der Waals surface area contributed by atoms with Gasteiger partial charge in [-0.25, -0.2) is 0 Å². The second kappa shape index (κ2) is 7.33. The average molecular weight is 461 g/mol. The van der Waals surface area contributed by atoms with Gasteiger partial charge in [-0.2, -0.15) is 0 Å². The predicted octanol–water partition coefficient (Wildman–Crippen LogP) is 3.83. The van der Waals surface area contributed by atoms with Crippen LogP contribution in [0.3, 0.4) is 0 Å². The highest BCUT2D eigenvalue weighted by molar-refractivity contribution is 6.33. The summed E-state index contributed by atoms with van der Waals surface area (Å²) < 4.78 is 4.93. The molecule has 2 N–H and O–H groups in total. The van der Waals surface area contributed by atoms with E-state index in [4.69, 9.17) is 27.9 Å². The molecule has 0 heterocycles. The minimum atomic E-state index is -1.47. The van der Waals surface area contributed by atoms with Gasteiger partial charge in [0.2, 0.25) is 5.78 Å². The van der Waals surface area contributed by atoms with Crippen LogP contribution in [0, 0.1) is 28.6 Å². The second-order valence-electron chi connectivity index (χ2n) is 10.8. The smallest absolute Gasteiger partial charge is 0.303 e. The lowest BCUT2D eigenvalue weighted by atomic mass is 9.44.